The second kappa shape index (κ2) is 6.33. The van der Waals surface area contributed by atoms with Gasteiger partial charge in [0.25, 0.3) is 0 Å². The summed E-state index contributed by atoms with van der Waals surface area (Å²) in [6.07, 6.45) is 0.697. The molecule has 0 saturated carbocycles. The van der Waals surface area contributed by atoms with Crippen LogP contribution in [0.2, 0.25) is 0 Å². The lowest BCUT2D eigenvalue weighted by Crippen LogP contribution is -2.58. The minimum Gasteiger partial charge on any atom is -0.469 e. The van der Waals surface area contributed by atoms with Crippen LogP contribution in [0.25, 0.3) is 10.9 Å². The van der Waals surface area contributed by atoms with Gasteiger partial charge in [-0.3, -0.25) is 9.69 Å². The summed E-state index contributed by atoms with van der Waals surface area (Å²) in [6.45, 7) is 3.90. The second-order valence-corrected chi connectivity index (χ2v) is 8.17. The van der Waals surface area contributed by atoms with Crippen molar-refractivity contribution >= 4 is 16.9 Å². The number of aliphatic hydroxyl groups excluding tert-OH is 1. The Morgan fingerprint density at radius 1 is 1.33 bits per heavy atom. The highest BCUT2D eigenvalue weighted by atomic mass is 16.6. The van der Waals surface area contributed by atoms with E-state index in [1.54, 1.807) is 0 Å². The maximum Gasteiger partial charge on any atom is 0.314 e. The molecule has 5 rings (SSSR count). The Hall–Kier alpha value is -1.89. The van der Waals surface area contributed by atoms with Crippen LogP contribution in [0.15, 0.2) is 24.3 Å². The van der Waals surface area contributed by atoms with Gasteiger partial charge in [0.05, 0.1) is 19.3 Å². The number of aromatic amines is 1. The second-order valence-electron chi connectivity index (χ2n) is 8.17. The minimum atomic E-state index is -1.09. The van der Waals surface area contributed by atoms with Crippen molar-refractivity contribution in [2.24, 2.45) is 17.8 Å². The lowest BCUT2D eigenvalue weighted by atomic mass is 9.68. The van der Waals surface area contributed by atoms with Crippen molar-refractivity contribution in [3.05, 3.63) is 35.5 Å². The summed E-state index contributed by atoms with van der Waals surface area (Å²) in [7, 11) is 1.38. The van der Waals surface area contributed by atoms with Gasteiger partial charge in [-0.25, -0.2) is 0 Å². The number of aliphatic hydroxyl groups is 1. The Kier molecular flexibility index (Phi) is 4.04. The van der Waals surface area contributed by atoms with Gasteiger partial charge in [-0.1, -0.05) is 18.2 Å². The van der Waals surface area contributed by atoms with E-state index in [9.17, 15) is 9.90 Å². The number of carbonyl (C=O) groups excluding carboxylic acids is 1. The standard InChI is InChI=1S/C21H26N2O4/c1-11-15-10-23-8-7-13-12-5-3-4-6-16(12)22-19(13)17(23)9-14(15)18(20(24)26-2)21(25)27-11/h3-6,11,14-15,17-18,21-22,25H,7-10H2,1-2H3/t11-,14-,15+,17-,18-,21-/m0/s1. The Labute approximate surface area is 158 Å². The summed E-state index contributed by atoms with van der Waals surface area (Å²) in [5, 5.41) is 11.7. The molecule has 0 bridgehead atoms. The average Bonchev–Trinajstić information content (AvgIpc) is 3.06. The molecule has 0 spiro atoms. The van der Waals surface area contributed by atoms with Crippen molar-refractivity contribution in [3.8, 4) is 0 Å². The fourth-order valence-corrected chi connectivity index (χ4v) is 5.65. The topological polar surface area (TPSA) is 74.8 Å². The smallest absolute Gasteiger partial charge is 0.314 e. The predicted molar refractivity (Wildman–Crippen MR) is 100.0 cm³/mol. The normalized spacial score (nSPS) is 36.0. The number of rotatable bonds is 1. The molecule has 2 saturated heterocycles. The molecule has 2 fully saturated rings. The van der Waals surface area contributed by atoms with Gasteiger partial charge in [-0.05, 0) is 37.3 Å². The fourth-order valence-electron chi connectivity index (χ4n) is 5.65. The predicted octanol–water partition coefficient (Wildman–Crippen LogP) is 2.23. The molecule has 1 aromatic carbocycles. The van der Waals surface area contributed by atoms with E-state index in [0.717, 1.165) is 25.9 Å². The quantitative estimate of drug-likeness (QED) is 0.753. The van der Waals surface area contributed by atoms with Gasteiger partial charge in [-0.2, -0.15) is 0 Å². The van der Waals surface area contributed by atoms with Gasteiger partial charge in [0.1, 0.15) is 5.92 Å². The van der Waals surface area contributed by atoms with E-state index in [1.165, 1.54) is 29.3 Å². The molecule has 0 aliphatic carbocycles. The highest BCUT2D eigenvalue weighted by molar-refractivity contribution is 5.85. The molecule has 6 heteroatoms. The molecule has 6 nitrogen and oxygen atoms in total. The van der Waals surface area contributed by atoms with Crippen LogP contribution in [-0.4, -0.2) is 53.6 Å². The Balaban J connectivity index is 1.54. The van der Waals surface area contributed by atoms with Crippen molar-refractivity contribution in [1.29, 1.82) is 0 Å². The van der Waals surface area contributed by atoms with Crippen molar-refractivity contribution in [2.45, 2.75) is 38.2 Å². The lowest BCUT2D eigenvalue weighted by molar-refractivity contribution is -0.245. The van der Waals surface area contributed by atoms with Crippen LogP contribution in [0.4, 0.5) is 0 Å². The van der Waals surface area contributed by atoms with E-state index in [1.807, 2.05) is 6.92 Å². The Morgan fingerprint density at radius 2 is 2.15 bits per heavy atom. The number of esters is 1. The number of benzene rings is 1. The van der Waals surface area contributed by atoms with Gasteiger partial charge >= 0.3 is 5.97 Å². The monoisotopic (exact) mass is 370 g/mol. The van der Waals surface area contributed by atoms with Crippen LogP contribution >= 0.6 is 0 Å². The van der Waals surface area contributed by atoms with Gasteiger partial charge in [0.2, 0.25) is 0 Å². The number of methoxy groups -OCH3 is 1. The third-order valence-corrected chi connectivity index (χ3v) is 6.96. The van der Waals surface area contributed by atoms with Crippen LogP contribution < -0.4 is 0 Å². The third kappa shape index (κ3) is 2.54. The number of hydrogen-bond donors (Lipinski definition) is 2. The molecule has 0 unspecified atom stereocenters. The van der Waals surface area contributed by atoms with Crippen molar-refractivity contribution in [3.63, 3.8) is 0 Å². The van der Waals surface area contributed by atoms with Gasteiger partial charge in [-0.15, -0.1) is 0 Å². The van der Waals surface area contributed by atoms with Crippen molar-refractivity contribution in [1.82, 2.24) is 9.88 Å². The molecular formula is C21H26N2O4. The molecule has 144 valence electrons. The highest BCUT2D eigenvalue weighted by Crippen LogP contribution is 2.49. The zero-order valence-electron chi connectivity index (χ0n) is 15.7. The van der Waals surface area contributed by atoms with Crippen LogP contribution in [0.1, 0.15) is 30.6 Å². The first-order valence-electron chi connectivity index (χ1n) is 9.83. The number of fused-ring (bicyclic) bond motifs is 6. The van der Waals surface area contributed by atoms with E-state index >= 15 is 0 Å². The summed E-state index contributed by atoms with van der Waals surface area (Å²) in [5.41, 5.74) is 3.86. The number of nitrogens with one attached hydrogen (secondary N) is 1. The summed E-state index contributed by atoms with van der Waals surface area (Å²) in [6, 6.07) is 8.70. The Morgan fingerprint density at radius 3 is 2.96 bits per heavy atom. The van der Waals surface area contributed by atoms with Crippen LogP contribution in [0.3, 0.4) is 0 Å². The van der Waals surface area contributed by atoms with E-state index in [0.29, 0.717) is 0 Å². The largest absolute Gasteiger partial charge is 0.469 e. The molecule has 0 amide bonds. The van der Waals surface area contributed by atoms with E-state index in [-0.39, 0.29) is 30.0 Å². The SMILES string of the molecule is COC(=O)[C@@H]1[C@H]2C[C@H]3c4[nH]c5ccccc5c4CCN3C[C@@H]2[C@H](C)O[C@@H]1O. The number of aromatic nitrogens is 1. The number of hydrogen-bond acceptors (Lipinski definition) is 5. The molecule has 2 N–H and O–H groups in total. The van der Waals surface area contributed by atoms with E-state index in [2.05, 4.69) is 34.1 Å². The molecular weight excluding hydrogens is 344 g/mol. The van der Waals surface area contributed by atoms with Gasteiger partial charge < -0.3 is 19.6 Å². The number of piperidine rings is 1. The number of carbonyl (C=O) groups is 1. The van der Waals surface area contributed by atoms with Crippen LogP contribution in [0, 0.1) is 17.8 Å². The first-order chi connectivity index (χ1) is 13.1. The van der Waals surface area contributed by atoms with Crippen LogP contribution in [0.5, 0.6) is 0 Å². The van der Waals surface area contributed by atoms with Crippen LogP contribution in [-0.2, 0) is 20.7 Å². The molecule has 3 aliphatic heterocycles. The summed E-state index contributed by atoms with van der Waals surface area (Å²) in [5.74, 6) is -0.715. The van der Waals surface area contributed by atoms with Gasteiger partial charge in [0.15, 0.2) is 6.29 Å². The lowest BCUT2D eigenvalue weighted by Gasteiger charge is -2.52. The van der Waals surface area contributed by atoms with E-state index < -0.39 is 12.2 Å². The first kappa shape index (κ1) is 17.2. The summed E-state index contributed by atoms with van der Waals surface area (Å²) in [4.78, 5) is 18.6. The average molecular weight is 370 g/mol. The minimum absolute atomic E-state index is 0.0508. The molecule has 2 aromatic rings. The number of para-hydroxylation sites is 1. The zero-order valence-corrected chi connectivity index (χ0v) is 15.7. The molecule has 27 heavy (non-hydrogen) atoms. The van der Waals surface area contributed by atoms with Crippen molar-refractivity contribution in [2.75, 3.05) is 20.2 Å². The number of H-pyrrole nitrogens is 1. The highest BCUT2D eigenvalue weighted by Gasteiger charge is 2.52. The fraction of sp³-hybridized carbons (Fsp3) is 0.571. The van der Waals surface area contributed by atoms with Crippen molar-refractivity contribution < 1.29 is 19.4 Å². The summed E-state index contributed by atoms with van der Waals surface area (Å²) < 4.78 is 10.7. The zero-order chi connectivity index (χ0) is 18.7. The molecule has 4 heterocycles. The van der Waals surface area contributed by atoms with E-state index in [4.69, 9.17) is 9.47 Å². The summed E-state index contributed by atoms with van der Waals surface area (Å²) >= 11 is 0. The third-order valence-electron chi connectivity index (χ3n) is 6.96. The first-order valence-corrected chi connectivity index (χ1v) is 9.83. The number of nitrogens with zero attached hydrogens (tertiary/aromatic N) is 1. The molecule has 0 radical (unpaired) electrons. The molecule has 1 aromatic heterocycles. The molecule has 6 atom stereocenters. The maximum atomic E-state index is 12.4. The molecule has 3 aliphatic rings. The van der Waals surface area contributed by atoms with Gasteiger partial charge in [0, 0.05) is 35.6 Å². The Bertz CT molecular complexity index is 878. The maximum absolute atomic E-state index is 12.4. The number of ether oxygens (including phenoxy) is 2.